The van der Waals surface area contributed by atoms with Crippen LogP contribution in [0.2, 0.25) is 0 Å². The summed E-state index contributed by atoms with van der Waals surface area (Å²) < 4.78 is 0. The SMILES string of the molecule is CONC(=O)C1CCCN1C(=O)C1CC1. The predicted molar refractivity (Wildman–Crippen MR) is 52.6 cm³/mol. The molecule has 1 unspecified atom stereocenters. The van der Waals surface area contributed by atoms with E-state index in [1.165, 1.54) is 7.11 Å². The quantitative estimate of drug-likeness (QED) is 0.673. The number of carbonyl (C=O) groups excluding carboxylic acids is 2. The Morgan fingerprint density at radius 3 is 2.67 bits per heavy atom. The third-order valence-electron chi connectivity index (χ3n) is 2.97. The average molecular weight is 212 g/mol. The van der Waals surface area contributed by atoms with Crippen molar-refractivity contribution in [3.63, 3.8) is 0 Å². The van der Waals surface area contributed by atoms with Gasteiger partial charge >= 0.3 is 0 Å². The Morgan fingerprint density at radius 1 is 1.33 bits per heavy atom. The third-order valence-corrected chi connectivity index (χ3v) is 2.97. The van der Waals surface area contributed by atoms with Crippen LogP contribution in [-0.2, 0) is 14.4 Å². The second kappa shape index (κ2) is 4.18. The lowest BCUT2D eigenvalue weighted by Crippen LogP contribution is -2.46. The number of hydroxylamine groups is 1. The van der Waals surface area contributed by atoms with E-state index in [1.807, 2.05) is 0 Å². The summed E-state index contributed by atoms with van der Waals surface area (Å²) in [5.41, 5.74) is 2.30. The summed E-state index contributed by atoms with van der Waals surface area (Å²) in [7, 11) is 1.40. The summed E-state index contributed by atoms with van der Waals surface area (Å²) >= 11 is 0. The van der Waals surface area contributed by atoms with Gasteiger partial charge in [0.25, 0.3) is 5.91 Å². The van der Waals surface area contributed by atoms with E-state index in [4.69, 9.17) is 0 Å². The first kappa shape index (κ1) is 10.4. The van der Waals surface area contributed by atoms with E-state index >= 15 is 0 Å². The van der Waals surface area contributed by atoms with Crippen LogP contribution in [0.15, 0.2) is 0 Å². The van der Waals surface area contributed by atoms with Crippen molar-refractivity contribution < 1.29 is 14.4 Å². The van der Waals surface area contributed by atoms with Gasteiger partial charge in [-0.25, -0.2) is 5.48 Å². The number of carbonyl (C=O) groups is 2. The van der Waals surface area contributed by atoms with Crippen molar-refractivity contribution >= 4 is 11.8 Å². The maximum Gasteiger partial charge on any atom is 0.266 e. The van der Waals surface area contributed by atoms with E-state index in [0.717, 1.165) is 25.7 Å². The second-order valence-electron chi connectivity index (χ2n) is 4.13. The van der Waals surface area contributed by atoms with Crippen LogP contribution in [0.5, 0.6) is 0 Å². The number of amides is 2. The Labute approximate surface area is 88.7 Å². The molecule has 5 nitrogen and oxygen atoms in total. The van der Waals surface area contributed by atoms with Gasteiger partial charge in [-0.1, -0.05) is 0 Å². The molecule has 1 saturated carbocycles. The highest BCUT2D eigenvalue weighted by molar-refractivity contribution is 5.89. The molecule has 1 N–H and O–H groups in total. The number of hydrogen-bond acceptors (Lipinski definition) is 3. The predicted octanol–water partition coefficient (Wildman–Crippen LogP) is 0.0650. The van der Waals surface area contributed by atoms with Gasteiger partial charge in [0.05, 0.1) is 7.11 Å². The van der Waals surface area contributed by atoms with Crippen LogP contribution in [0, 0.1) is 5.92 Å². The molecule has 1 aliphatic heterocycles. The van der Waals surface area contributed by atoms with Crippen molar-refractivity contribution in [3.05, 3.63) is 0 Å². The van der Waals surface area contributed by atoms with Gasteiger partial charge in [0.15, 0.2) is 0 Å². The maximum atomic E-state index is 11.8. The molecule has 2 aliphatic rings. The summed E-state index contributed by atoms with van der Waals surface area (Å²) in [5.74, 6) is 0.119. The molecule has 1 aliphatic carbocycles. The summed E-state index contributed by atoms with van der Waals surface area (Å²) in [6.45, 7) is 0.705. The molecule has 2 fully saturated rings. The molecule has 0 bridgehead atoms. The van der Waals surface area contributed by atoms with Gasteiger partial charge in [-0.05, 0) is 25.7 Å². The molecular formula is C10H16N2O3. The maximum absolute atomic E-state index is 11.8. The normalized spacial score (nSPS) is 25.4. The van der Waals surface area contributed by atoms with Crippen LogP contribution in [0.4, 0.5) is 0 Å². The largest absolute Gasteiger partial charge is 0.330 e. The zero-order valence-corrected chi connectivity index (χ0v) is 8.86. The first-order valence-corrected chi connectivity index (χ1v) is 5.37. The molecule has 84 valence electrons. The molecule has 15 heavy (non-hydrogen) atoms. The van der Waals surface area contributed by atoms with Gasteiger partial charge < -0.3 is 4.90 Å². The molecule has 1 saturated heterocycles. The van der Waals surface area contributed by atoms with Crippen LogP contribution in [0.25, 0.3) is 0 Å². The molecule has 0 radical (unpaired) electrons. The van der Waals surface area contributed by atoms with Crippen LogP contribution in [0.3, 0.4) is 0 Å². The number of likely N-dealkylation sites (tertiary alicyclic amines) is 1. The minimum absolute atomic E-state index is 0.142. The Kier molecular flexibility index (Phi) is 2.90. The zero-order valence-electron chi connectivity index (χ0n) is 8.86. The second-order valence-corrected chi connectivity index (χ2v) is 4.13. The highest BCUT2D eigenvalue weighted by atomic mass is 16.6. The third kappa shape index (κ3) is 2.12. The number of nitrogens with one attached hydrogen (secondary N) is 1. The lowest BCUT2D eigenvalue weighted by molar-refractivity contribution is -0.144. The van der Waals surface area contributed by atoms with Crippen molar-refractivity contribution in [2.75, 3.05) is 13.7 Å². The molecule has 5 heteroatoms. The van der Waals surface area contributed by atoms with Crippen molar-refractivity contribution in [1.29, 1.82) is 0 Å². The molecule has 0 aromatic heterocycles. The summed E-state index contributed by atoms with van der Waals surface area (Å²) in [5, 5.41) is 0. The summed E-state index contributed by atoms with van der Waals surface area (Å²) in [6, 6.07) is -0.321. The van der Waals surface area contributed by atoms with Gasteiger partial charge in [0.2, 0.25) is 5.91 Å². The van der Waals surface area contributed by atoms with Crippen molar-refractivity contribution in [2.24, 2.45) is 5.92 Å². The lowest BCUT2D eigenvalue weighted by atomic mass is 10.2. The van der Waals surface area contributed by atoms with E-state index in [0.29, 0.717) is 6.54 Å². The van der Waals surface area contributed by atoms with Crippen molar-refractivity contribution in [1.82, 2.24) is 10.4 Å². The van der Waals surface area contributed by atoms with Gasteiger partial charge in [-0.3, -0.25) is 14.4 Å². The van der Waals surface area contributed by atoms with Gasteiger partial charge in [-0.2, -0.15) is 0 Å². The monoisotopic (exact) mass is 212 g/mol. The highest BCUT2D eigenvalue weighted by Crippen LogP contribution is 2.33. The highest BCUT2D eigenvalue weighted by Gasteiger charge is 2.40. The molecule has 0 spiro atoms. The van der Waals surface area contributed by atoms with Crippen LogP contribution in [-0.4, -0.2) is 36.4 Å². The van der Waals surface area contributed by atoms with Gasteiger partial charge in [0, 0.05) is 12.5 Å². The van der Waals surface area contributed by atoms with Crippen molar-refractivity contribution in [3.8, 4) is 0 Å². The van der Waals surface area contributed by atoms with Crippen LogP contribution < -0.4 is 5.48 Å². The van der Waals surface area contributed by atoms with E-state index in [2.05, 4.69) is 10.3 Å². The van der Waals surface area contributed by atoms with E-state index in [9.17, 15) is 9.59 Å². The fourth-order valence-corrected chi connectivity index (χ4v) is 2.04. The number of nitrogens with zero attached hydrogens (tertiary/aromatic N) is 1. The van der Waals surface area contributed by atoms with Gasteiger partial charge in [0.1, 0.15) is 6.04 Å². The Balaban J connectivity index is 1.97. The fourth-order valence-electron chi connectivity index (χ4n) is 2.04. The van der Waals surface area contributed by atoms with Gasteiger partial charge in [-0.15, -0.1) is 0 Å². The molecule has 2 amide bonds. The minimum Gasteiger partial charge on any atom is -0.330 e. The first-order chi connectivity index (χ1) is 7.24. The zero-order chi connectivity index (χ0) is 10.8. The smallest absolute Gasteiger partial charge is 0.266 e. The Bertz CT molecular complexity index is 276. The Morgan fingerprint density at radius 2 is 2.07 bits per heavy atom. The topological polar surface area (TPSA) is 58.6 Å². The van der Waals surface area contributed by atoms with Crippen molar-refractivity contribution in [2.45, 2.75) is 31.7 Å². The van der Waals surface area contributed by atoms with E-state index in [-0.39, 0.29) is 23.8 Å². The van der Waals surface area contributed by atoms with E-state index in [1.54, 1.807) is 4.90 Å². The number of hydrogen-bond donors (Lipinski definition) is 1. The molecule has 0 aromatic carbocycles. The summed E-state index contributed by atoms with van der Waals surface area (Å²) in [4.78, 5) is 29.7. The number of rotatable bonds is 3. The first-order valence-electron chi connectivity index (χ1n) is 5.37. The molecule has 1 heterocycles. The minimum atomic E-state index is -0.321. The lowest BCUT2D eigenvalue weighted by Gasteiger charge is -2.23. The molecule has 1 atom stereocenters. The van der Waals surface area contributed by atoms with Crippen LogP contribution in [0.1, 0.15) is 25.7 Å². The fraction of sp³-hybridized carbons (Fsp3) is 0.800. The molecule has 0 aromatic rings. The summed E-state index contributed by atoms with van der Waals surface area (Å²) in [6.07, 6.45) is 3.61. The molecule has 2 rings (SSSR count). The standard InChI is InChI=1S/C10H16N2O3/c1-15-11-9(13)8-3-2-6-12(8)10(14)7-4-5-7/h7-8H,2-6H2,1H3,(H,11,13). The molecular weight excluding hydrogens is 196 g/mol. The Hall–Kier alpha value is -1.10. The van der Waals surface area contributed by atoms with Crippen LogP contribution >= 0.6 is 0 Å². The average Bonchev–Trinajstić information content (AvgIpc) is 2.94. The van der Waals surface area contributed by atoms with E-state index < -0.39 is 0 Å².